The highest BCUT2D eigenvalue weighted by Crippen LogP contribution is 2.48. The minimum Gasteiger partial charge on any atom is -0.328 e. The minimum absolute atomic E-state index is 0.0839. The Morgan fingerprint density at radius 3 is 1.71 bits per heavy atom. The van der Waals surface area contributed by atoms with Crippen LogP contribution in [-0.2, 0) is 0 Å². The van der Waals surface area contributed by atoms with Crippen molar-refractivity contribution in [1.29, 1.82) is 0 Å². The van der Waals surface area contributed by atoms with Crippen LogP contribution in [0, 0.1) is 30.3 Å². The van der Waals surface area contributed by atoms with Crippen LogP contribution < -0.4 is 4.90 Å². The summed E-state index contributed by atoms with van der Waals surface area (Å²) < 4.78 is 0.537. The number of benzene rings is 2. The van der Waals surface area contributed by atoms with Crippen molar-refractivity contribution in [1.82, 2.24) is 0 Å². The SMILES string of the molecule is CCCN(c1c(Cl)cc(Br)cc1Cl)c1c([N+](=O)[O-])cc([N+](=O)[O-])cc1[N+](=O)[O-]. The van der Waals surface area contributed by atoms with Crippen molar-refractivity contribution in [3.63, 3.8) is 0 Å². The quantitative estimate of drug-likeness (QED) is 0.339. The molecule has 0 spiro atoms. The van der Waals surface area contributed by atoms with E-state index in [4.69, 9.17) is 23.2 Å². The highest BCUT2D eigenvalue weighted by molar-refractivity contribution is 9.10. The Kier molecular flexibility index (Phi) is 6.75. The Labute approximate surface area is 176 Å². The van der Waals surface area contributed by atoms with E-state index in [1.54, 1.807) is 6.92 Å². The Bertz CT molecular complexity index is 929. The Hall–Kier alpha value is -2.50. The molecule has 148 valence electrons. The molecule has 0 fully saturated rings. The maximum Gasteiger partial charge on any atom is 0.306 e. The molecular weight excluding hydrogens is 483 g/mol. The second kappa shape index (κ2) is 8.67. The minimum atomic E-state index is -0.937. The number of halogens is 3. The molecule has 13 heteroatoms. The lowest BCUT2D eigenvalue weighted by atomic mass is 10.1. The molecule has 10 nitrogen and oxygen atoms in total. The van der Waals surface area contributed by atoms with Gasteiger partial charge < -0.3 is 4.90 Å². The monoisotopic (exact) mass is 492 g/mol. The average molecular weight is 494 g/mol. The summed E-state index contributed by atoms with van der Waals surface area (Å²) in [5.74, 6) is 0. The number of nitrogens with zero attached hydrogens (tertiary/aromatic N) is 4. The van der Waals surface area contributed by atoms with Gasteiger partial charge in [0.25, 0.3) is 5.69 Å². The van der Waals surface area contributed by atoms with Crippen LogP contribution >= 0.6 is 39.1 Å². The van der Waals surface area contributed by atoms with Gasteiger partial charge in [-0.3, -0.25) is 30.3 Å². The van der Waals surface area contributed by atoms with E-state index in [1.165, 1.54) is 17.0 Å². The summed E-state index contributed by atoms with van der Waals surface area (Å²) in [5, 5.41) is 34.4. The third-order valence-electron chi connectivity index (χ3n) is 3.63. The van der Waals surface area contributed by atoms with Gasteiger partial charge in [0, 0.05) is 11.0 Å². The summed E-state index contributed by atoms with van der Waals surface area (Å²) in [4.78, 5) is 32.7. The predicted octanol–water partition coefficient (Wildman–Crippen LogP) is 6.03. The largest absolute Gasteiger partial charge is 0.328 e. The van der Waals surface area contributed by atoms with Gasteiger partial charge in [-0.25, -0.2) is 0 Å². The molecule has 0 aliphatic heterocycles. The van der Waals surface area contributed by atoms with Crippen molar-refractivity contribution >= 4 is 67.6 Å². The second-order valence-electron chi connectivity index (χ2n) is 5.47. The van der Waals surface area contributed by atoms with Gasteiger partial charge in [-0.15, -0.1) is 0 Å². The van der Waals surface area contributed by atoms with Crippen LogP contribution in [0.4, 0.5) is 28.4 Å². The lowest BCUT2D eigenvalue weighted by Gasteiger charge is -2.26. The van der Waals surface area contributed by atoms with Crippen molar-refractivity contribution in [3.05, 3.63) is 69.1 Å². The van der Waals surface area contributed by atoms with Gasteiger partial charge in [0.15, 0.2) is 5.69 Å². The first-order chi connectivity index (χ1) is 13.1. The van der Waals surface area contributed by atoms with Gasteiger partial charge >= 0.3 is 11.4 Å². The fourth-order valence-electron chi connectivity index (χ4n) is 2.60. The molecule has 0 radical (unpaired) electrons. The van der Waals surface area contributed by atoms with Gasteiger partial charge in [-0.2, -0.15) is 0 Å². The molecule has 2 aromatic carbocycles. The Morgan fingerprint density at radius 2 is 1.36 bits per heavy atom. The maximum atomic E-state index is 11.6. The summed E-state index contributed by atoms with van der Waals surface area (Å²) in [6.45, 7) is 1.83. The number of anilines is 2. The molecule has 0 atom stereocenters. The molecule has 0 aliphatic carbocycles. The molecule has 2 rings (SSSR count). The zero-order valence-corrected chi connectivity index (χ0v) is 17.2. The number of nitro benzene ring substituents is 3. The summed E-state index contributed by atoms with van der Waals surface area (Å²) in [6, 6.07) is 4.31. The van der Waals surface area contributed by atoms with E-state index < -0.39 is 37.5 Å². The molecule has 0 saturated heterocycles. The van der Waals surface area contributed by atoms with Crippen LogP contribution in [0.25, 0.3) is 0 Å². The first-order valence-corrected chi connectivity index (χ1v) is 9.16. The third kappa shape index (κ3) is 4.32. The smallest absolute Gasteiger partial charge is 0.306 e. The number of hydrogen-bond donors (Lipinski definition) is 0. The van der Waals surface area contributed by atoms with Crippen LogP contribution in [0.3, 0.4) is 0 Å². The fourth-order valence-corrected chi connectivity index (χ4v) is 4.01. The summed E-state index contributed by atoms with van der Waals surface area (Å²) >= 11 is 15.7. The van der Waals surface area contributed by atoms with Crippen molar-refractivity contribution in [2.75, 3.05) is 11.4 Å². The van der Waals surface area contributed by atoms with E-state index in [9.17, 15) is 30.3 Å². The Balaban J connectivity index is 2.93. The number of nitro groups is 3. The lowest BCUT2D eigenvalue weighted by molar-refractivity contribution is -0.402. The highest BCUT2D eigenvalue weighted by Gasteiger charge is 2.35. The lowest BCUT2D eigenvalue weighted by Crippen LogP contribution is -2.21. The van der Waals surface area contributed by atoms with Crippen LogP contribution in [0.15, 0.2) is 28.7 Å². The van der Waals surface area contributed by atoms with Gasteiger partial charge in [-0.1, -0.05) is 46.1 Å². The number of hydrogen-bond acceptors (Lipinski definition) is 7. The van der Waals surface area contributed by atoms with Gasteiger partial charge in [0.2, 0.25) is 0 Å². The van der Waals surface area contributed by atoms with E-state index in [1.807, 2.05) is 0 Å². The number of rotatable bonds is 7. The summed E-state index contributed by atoms with van der Waals surface area (Å²) in [5.41, 5.74) is -2.69. The first kappa shape index (κ1) is 21.8. The average Bonchev–Trinajstić information content (AvgIpc) is 2.58. The molecule has 0 bridgehead atoms. The molecule has 0 N–H and O–H groups in total. The van der Waals surface area contributed by atoms with E-state index in [0.717, 1.165) is 0 Å². The molecular formula is C15H11BrCl2N4O6. The fraction of sp³-hybridized carbons (Fsp3) is 0.200. The van der Waals surface area contributed by atoms with Crippen LogP contribution in [0.5, 0.6) is 0 Å². The maximum absolute atomic E-state index is 11.6. The van der Waals surface area contributed by atoms with Gasteiger partial charge in [-0.05, 0) is 18.6 Å². The van der Waals surface area contributed by atoms with E-state index in [0.29, 0.717) is 23.0 Å². The first-order valence-electron chi connectivity index (χ1n) is 7.61. The zero-order valence-electron chi connectivity index (χ0n) is 14.1. The van der Waals surface area contributed by atoms with Crippen LogP contribution in [-0.4, -0.2) is 21.3 Å². The zero-order chi connectivity index (χ0) is 21.2. The molecule has 0 heterocycles. The topological polar surface area (TPSA) is 133 Å². The Morgan fingerprint density at radius 1 is 0.893 bits per heavy atom. The molecule has 0 aromatic heterocycles. The highest BCUT2D eigenvalue weighted by atomic mass is 79.9. The predicted molar refractivity (Wildman–Crippen MR) is 108 cm³/mol. The van der Waals surface area contributed by atoms with Crippen molar-refractivity contribution in [2.24, 2.45) is 0 Å². The standard InChI is InChI=1S/C15H11BrCl2N4O6/c1-2-3-19(14-10(17)4-8(16)5-11(14)18)15-12(21(25)26)6-9(20(23)24)7-13(15)22(27)28/h4-7H,2-3H2,1H3. The third-order valence-corrected chi connectivity index (χ3v) is 4.66. The molecule has 0 saturated carbocycles. The van der Waals surface area contributed by atoms with E-state index in [-0.39, 0.29) is 22.3 Å². The van der Waals surface area contributed by atoms with Crippen LogP contribution in [0.2, 0.25) is 10.0 Å². The van der Waals surface area contributed by atoms with Crippen molar-refractivity contribution in [3.8, 4) is 0 Å². The second-order valence-corrected chi connectivity index (χ2v) is 7.20. The number of non-ortho nitro benzene ring substituents is 1. The summed E-state index contributed by atoms with van der Waals surface area (Å²) in [6.07, 6.45) is 0.425. The molecule has 28 heavy (non-hydrogen) atoms. The van der Waals surface area contributed by atoms with E-state index >= 15 is 0 Å². The molecule has 0 unspecified atom stereocenters. The van der Waals surface area contributed by atoms with Crippen LogP contribution in [0.1, 0.15) is 13.3 Å². The summed E-state index contributed by atoms with van der Waals surface area (Å²) in [7, 11) is 0. The molecule has 0 amide bonds. The van der Waals surface area contributed by atoms with Crippen molar-refractivity contribution in [2.45, 2.75) is 13.3 Å². The van der Waals surface area contributed by atoms with Crippen molar-refractivity contribution < 1.29 is 14.8 Å². The van der Waals surface area contributed by atoms with E-state index in [2.05, 4.69) is 15.9 Å². The molecule has 0 aliphatic rings. The normalized spacial score (nSPS) is 10.6. The molecule has 2 aromatic rings. The van der Waals surface area contributed by atoms with Gasteiger partial charge in [0.05, 0.1) is 42.6 Å². The van der Waals surface area contributed by atoms with Gasteiger partial charge in [0.1, 0.15) is 0 Å².